The lowest BCUT2D eigenvalue weighted by Gasteiger charge is -2.41. The standard InChI is InChI=1S/C27H31F3N4O4/c1-26(36)14-19(15-26)34-17-31-23-13-20(12-21(25(23)34)27(28,29)30)38-11-9-33-7-6-18-4-2-3-5-22(18)32-24(35)16-37-10-8-33/h2-5,12-13,17,19,36H,6-11,14-16H2,1H3,(H,32,35). The maximum Gasteiger partial charge on any atom is 0.418 e. The van der Waals surface area contributed by atoms with Gasteiger partial charge in [0.1, 0.15) is 19.0 Å². The smallest absolute Gasteiger partial charge is 0.418 e. The molecule has 0 radical (unpaired) electrons. The Bertz CT molecular complexity index is 1300. The Balaban J connectivity index is 1.28. The van der Waals surface area contributed by atoms with Gasteiger partial charge < -0.3 is 24.5 Å². The van der Waals surface area contributed by atoms with E-state index in [1.807, 2.05) is 24.3 Å². The Morgan fingerprint density at radius 1 is 1.24 bits per heavy atom. The number of alkyl halides is 3. The Kier molecular flexibility index (Phi) is 7.34. The molecule has 2 heterocycles. The van der Waals surface area contributed by atoms with Crippen LogP contribution in [-0.2, 0) is 22.1 Å². The molecule has 2 aliphatic rings. The average Bonchev–Trinajstić information content (AvgIpc) is 3.24. The molecule has 1 fully saturated rings. The van der Waals surface area contributed by atoms with E-state index in [0.717, 1.165) is 17.3 Å². The summed E-state index contributed by atoms with van der Waals surface area (Å²) in [7, 11) is 0. The molecule has 2 aromatic carbocycles. The topological polar surface area (TPSA) is 88.8 Å². The lowest BCUT2D eigenvalue weighted by molar-refractivity contribution is -0.136. The maximum absolute atomic E-state index is 14.0. The van der Waals surface area contributed by atoms with E-state index in [-0.39, 0.29) is 41.9 Å². The minimum atomic E-state index is -4.59. The van der Waals surface area contributed by atoms with Gasteiger partial charge in [0.25, 0.3) is 0 Å². The molecule has 5 rings (SSSR count). The number of carbonyl (C=O) groups excluding carboxylic acids is 1. The van der Waals surface area contributed by atoms with E-state index in [4.69, 9.17) is 9.47 Å². The van der Waals surface area contributed by atoms with E-state index in [2.05, 4.69) is 15.2 Å². The van der Waals surface area contributed by atoms with E-state index in [1.54, 1.807) is 6.92 Å². The average molecular weight is 533 g/mol. The van der Waals surface area contributed by atoms with E-state index in [0.29, 0.717) is 45.5 Å². The van der Waals surface area contributed by atoms with E-state index in [9.17, 15) is 23.1 Å². The predicted octanol–water partition coefficient (Wildman–Crippen LogP) is 4.03. The Labute approximate surface area is 218 Å². The zero-order chi connectivity index (χ0) is 26.9. The van der Waals surface area contributed by atoms with Crippen LogP contribution in [0.25, 0.3) is 11.0 Å². The molecule has 3 aromatic rings. The zero-order valence-corrected chi connectivity index (χ0v) is 21.1. The van der Waals surface area contributed by atoms with Gasteiger partial charge in [-0.2, -0.15) is 13.2 Å². The molecule has 0 atom stereocenters. The summed E-state index contributed by atoms with van der Waals surface area (Å²) in [4.78, 5) is 18.4. The highest BCUT2D eigenvalue weighted by Gasteiger charge is 2.42. The fraction of sp³-hybridized carbons (Fsp3) is 0.481. The molecular formula is C27H31F3N4O4. The van der Waals surface area contributed by atoms with Crippen LogP contribution in [0, 0.1) is 0 Å². The van der Waals surface area contributed by atoms with Crippen LogP contribution in [0.5, 0.6) is 5.75 Å². The minimum absolute atomic E-state index is 0.0106. The molecular weight excluding hydrogens is 501 g/mol. The summed E-state index contributed by atoms with van der Waals surface area (Å²) in [5.41, 5.74) is 0.294. The second kappa shape index (κ2) is 10.5. The number of rotatable bonds is 5. The summed E-state index contributed by atoms with van der Waals surface area (Å²) in [6.45, 7) is 3.84. The number of hydrogen-bond donors (Lipinski definition) is 2. The highest BCUT2D eigenvalue weighted by molar-refractivity contribution is 5.92. The molecule has 1 aliphatic heterocycles. The summed E-state index contributed by atoms with van der Waals surface area (Å²) < 4.78 is 54.9. The number of benzene rings is 2. The molecule has 204 valence electrons. The Morgan fingerprint density at radius 2 is 2.03 bits per heavy atom. The van der Waals surface area contributed by atoms with Crippen LogP contribution in [0.15, 0.2) is 42.7 Å². The summed E-state index contributed by atoms with van der Waals surface area (Å²) in [6, 6.07) is 9.91. The number of hydrogen-bond acceptors (Lipinski definition) is 6. The number of imidazole rings is 1. The van der Waals surface area contributed by atoms with Crippen LogP contribution in [-0.4, -0.2) is 70.5 Å². The van der Waals surface area contributed by atoms with E-state index >= 15 is 0 Å². The van der Waals surface area contributed by atoms with Crippen molar-refractivity contribution < 1.29 is 32.5 Å². The second-order valence-electron chi connectivity index (χ2n) is 10.2. The number of aliphatic hydroxyl groups is 1. The van der Waals surface area contributed by atoms with Gasteiger partial charge in [0.05, 0.1) is 35.1 Å². The van der Waals surface area contributed by atoms with Crippen LogP contribution in [0.3, 0.4) is 0 Å². The summed E-state index contributed by atoms with van der Waals surface area (Å²) in [5.74, 6) is -0.111. The Morgan fingerprint density at radius 3 is 2.79 bits per heavy atom. The first-order valence-electron chi connectivity index (χ1n) is 12.7. The number of aromatic nitrogens is 2. The fourth-order valence-corrected chi connectivity index (χ4v) is 5.19. The number of ether oxygens (including phenoxy) is 2. The summed E-state index contributed by atoms with van der Waals surface area (Å²) in [5, 5.41) is 12.9. The van der Waals surface area contributed by atoms with Crippen LogP contribution >= 0.6 is 0 Å². The van der Waals surface area contributed by atoms with Gasteiger partial charge in [0.2, 0.25) is 5.91 Å². The molecule has 0 spiro atoms. The highest BCUT2D eigenvalue weighted by Crippen LogP contribution is 2.45. The largest absolute Gasteiger partial charge is 0.492 e. The molecule has 0 saturated heterocycles. The molecule has 1 amide bonds. The van der Waals surface area contributed by atoms with Crippen LogP contribution < -0.4 is 10.1 Å². The number of anilines is 1. The number of nitrogens with one attached hydrogen (secondary N) is 1. The normalized spacial score (nSPS) is 23.3. The first-order chi connectivity index (χ1) is 18.1. The van der Waals surface area contributed by atoms with Crippen molar-refractivity contribution in [3.05, 3.63) is 53.9 Å². The third kappa shape index (κ3) is 5.95. The summed E-state index contributed by atoms with van der Waals surface area (Å²) in [6.07, 6.45) is -1.73. The first kappa shape index (κ1) is 26.5. The van der Waals surface area contributed by atoms with Crippen molar-refractivity contribution in [3.63, 3.8) is 0 Å². The lowest BCUT2D eigenvalue weighted by Crippen LogP contribution is -2.41. The Hall–Kier alpha value is -3.15. The number of carbonyl (C=O) groups is 1. The van der Waals surface area contributed by atoms with E-state index < -0.39 is 17.3 Å². The van der Waals surface area contributed by atoms with Gasteiger partial charge in [0.15, 0.2) is 0 Å². The SMILES string of the molecule is CC1(O)CC(n2cnc3cc(OCCN4CCOCC(=O)Nc5ccccc5CC4)cc(C(F)(F)F)c32)C1. The zero-order valence-electron chi connectivity index (χ0n) is 21.1. The van der Waals surface area contributed by atoms with Crippen molar-refractivity contribution in [3.8, 4) is 5.75 Å². The minimum Gasteiger partial charge on any atom is -0.492 e. The van der Waals surface area contributed by atoms with Crippen molar-refractivity contribution in [1.29, 1.82) is 0 Å². The van der Waals surface area contributed by atoms with Gasteiger partial charge in [-0.25, -0.2) is 4.98 Å². The quantitative estimate of drug-likeness (QED) is 0.516. The molecule has 2 N–H and O–H groups in total. The number of fused-ring (bicyclic) bond motifs is 2. The van der Waals surface area contributed by atoms with Gasteiger partial charge in [-0.15, -0.1) is 0 Å². The van der Waals surface area contributed by atoms with Gasteiger partial charge in [-0.1, -0.05) is 18.2 Å². The highest BCUT2D eigenvalue weighted by atomic mass is 19.4. The van der Waals surface area contributed by atoms with Crippen LogP contribution in [0.1, 0.15) is 36.9 Å². The van der Waals surface area contributed by atoms with Crippen molar-refractivity contribution in [1.82, 2.24) is 14.5 Å². The number of halogens is 3. The van der Waals surface area contributed by atoms with Crippen molar-refractivity contribution in [2.45, 2.75) is 44.0 Å². The monoisotopic (exact) mass is 532 g/mol. The van der Waals surface area contributed by atoms with Crippen LogP contribution in [0.2, 0.25) is 0 Å². The third-order valence-corrected chi connectivity index (χ3v) is 7.14. The molecule has 11 heteroatoms. The second-order valence-corrected chi connectivity index (χ2v) is 10.2. The molecule has 8 nitrogen and oxygen atoms in total. The third-order valence-electron chi connectivity index (χ3n) is 7.14. The van der Waals surface area contributed by atoms with Gasteiger partial charge in [-0.3, -0.25) is 9.69 Å². The first-order valence-corrected chi connectivity index (χ1v) is 12.7. The molecule has 1 aromatic heterocycles. The van der Waals surface area contributed by atoms with Gasteiger partial charge in [0, 0.05) is 37.4 Å². The molecule has 0 unspecified atom stereocenters. The van der Waals surface area contributed by atoms with Crippen LogP contribution in [0.4, 0.5) is 18.9 Å². The lowest BCUT2D eigenvalue weighted by atomic mass is 9.77. The number of para-hydroxylation sites is 1. The summed E-state index contributed by atoms with van der Waals surface area (Å²) >= 11 is 0. The van der Waals surface area contributed by atoms with E-state index in [1.165, 1.54) is 17.0 Å². The molecule has 0 bridgehead atoms. The molecule has 1 aliphatic carbocycles. The fourth-order valence-electron chi connectivity index (χ4n) is 5.19. The number of amides is 1. The van der Waals surface area contributed by atoms with Gasteiger partial charge in [-0.05, 0) is 43.9 Å². The molecule has 38 heavy (non-hydrogen) atoms. The van der Waals surface area contributed by atoms with Gasteiger partial charge >= 0.3 is 6.18 Å². The predicted molar refractivity (Wildman–Crippen MR) is 135 cm³/mol. The maximum atomic E-state index is 14.0. The van der Waals surface area contributed by atoms with Crippen molar-refractivity contribution in [2.24, 2.45) is 0 Å². The molecule has 1 saturated carbocycles. The number of nitrogens with zero attached hydrogens (tertiary/aromatic N) is 3. The van der Waals surface area contributed by atoms with Crippen molar-refractivity contribution >= 4 is 22.6 Å². The van der Waals surface area contributed by atoms with Crippen molar-refractivity contribution in [2.75, 3.05) is 44.8 Å².